The van der Waals surface area contributed by atoms with Gasteiger partial charge in [0.05, 0.1) is 29.4 Å². The number of carbonyl (C=O) groups excluding carboxylic acids is 3. The van der Waals surface area contributed by atoms with Gasteiger partial charge in [-0.3, -0.25) is 14.6 Å². The number of carbonyl (C=O) groups is 3. The van der Waals surface area contributed by atoms with Crippen LogP contribution in [-0.4, -0.2) is 72.7 Å². The summed E-state index contributed by atoms with van der Waals surface area (Å²) in [5.41, 5.74) is 2.37. The summed E-state index contributed by atoms with van der Waals surface area (Å²) in [4.78, 5) is 40.7. The van der Waals surface area contributed by atoms with E-state index in [1.54, 1.807) is 55.9 Å². The van der Waals surface area contributed by atoms with Crippen LogP contribution in [-0.2, 0) is 27.4 Å². The molecule has 0 atom stereocenters. The van der Waals surface area contributed by atoms with Crippen LogP contribution in [0.4, 0.5) is 5.69 Å². The van der Waals surface area contributed by atoms with Gasteiger partial charge in [0.2, 0.25) is 5.91 Å². The fourth-order valence-electron chi connectivity index (χ4n) is 4.19. The van der Waals surface area contributed by atoms with E-state index in [0.717, 1.165) is 0 Å². The molecular formula is C29H40ClN5O4. The summed E-state index contributed by atoms with van der Waals surface area (Å²) >= 11 is 6.55. The fourth-order valence-corrected chi connectivity index (χ4v) is 4.42. The van der Waals surface area contributed by atoms with Gasteiger partial charge in [0.1, 0.15) is 5.60 Å². The second-order valence-electron chi connectivity index (χ2n) is 11.0. The summed E-state index contributed by atoms with van der Waals surface area (Å²) in [7, 11) is 1.72. The molecule has 1 heterocycles. The molecule has 2 amide bonds. The maximum atomic E-state index is 13.5. The van der Waals surface area contributed by atoms with Crippen molar-refractivity contribution in [3.8, 4) is 0 Å². The summed E-state index contributed by atoms with van der Waals surface area (Å²) in [6, 6.07) is 13.1. The maximum Gasteiger partial charge on any atom is 0.338 e. The molecule has 2 N–H and O–H groups in total. The molecule has 1 aliphatic heterocycles. The van der Waals surface area contributed by atoms with E-state index in [0.29, 0.717) is 42.9 Å². The number of hydrogen-bond acceptors (Lipinski definition) is 7. The van der Waals surface area contributed by atoms with Gasteiger partial charge in [-0.15, -0.1) is 0 Å². The van der Waals surface area contributed by atoms with E-state index >= 15 is 0 Å². The smallest absolute Gasteiger partial charge is 0.338 e. The zero-order valence-corrected chi connectivity index (χ0v) is 24.5. The van der Waals surface area contributed by atoms with E-state index in [1.165, 1.54) is 11.1 Å². The molecule has 0 saturated carbocycles. The summed E-state index contributed by atoms with van der Waals surface area (Å²) in [5, 5.41) is 10.0. The van der Waals surface area contributed by atoms with Crippen LogP contribution in [0, 0.1) is 0 Å². The van der Waals surface area contributed by atoms with Crippen molar-refractivity contribution < 1.29 is 19.1 Å². The molecule has 2 aromatic rings. The van der Waals surface area contributed by atoms with Crippen LogP contribution in [0.1, 0.15) is 56.1 Å². The number of ether oxygens (including phenoxy) is 1. The number of likely N-dealkylation sites (N-methyl/N-ethyl adjacent to an activating group) is 1. The number of rotatable bonds is 11. The van der Waals surface area contributed by atoms with Gasteiger partial charge in [0.25, 0.3) is 5.91 Å². The van der Waals surface area contributed by atoms with Crippen molar-refractivity contribution in [3.63, 3.8) is 0 Å². The highest BCUT2D eigenvalue weighted by Gasteiger charge is 2.28. The Hall–Kier alpha value is -3.14. The van der Waals surface area contributed by atoms with Gasteiger partial charge < -0.3 is 20.3 Å². The Labute approximate surface area is 236 Å². The van der Waals surface area contributed by atoms with Crippen LogP contribution in [0.15, 0.2) is 42.5 Å². The Bertz CT molecular complexity index is 1160. The highest BCUT2D eigenvalue weighted by molar-refractivity contribution is 6.33. The third kappa shape index (κ3) is 8.95. The van der Waals surface area contributed by atoms with Crippen LogP contribution in [0.2, 0.25) is 5.02 Å². The van der Waals surface area contributed by atoms with Crippen LogP contribution in [0.25, 0.3) is 0 Å². The predicted octanol–water partition coefficient (Wildman–Crippen LogP) is 3.61. The van der Waals surface area contributed by atoms with E-state index in [2.05, 4.69) is 22.8 Å². The first-order valence-electron chi connectivity index (χ1n) is 13.2. The van der Waals surface area contributed by atoms with Crippen molar-refractivity contribution in [1.29, 1.82) is 0 Å². The van der Waals surface area contributed by atoms with Gasteiger partial charge >= 0.3 is 5.97 Å². The normalized spacial score (nSPS) is 13.2. The number of amides is 2. The van der Waals surface area contributed by atoms with Crippen molar-refractivity contribution in [2.75, 3.05) is 38.1 Å². The molecule has 0 radical (unpaired) electrons. The Balaban J connectivity index is 1.79. The van der Waals surface area contributed by atoms with E-state index in [-0.39, 0.29) is 30.5 Å². The number of halogens is 1. The molecule has 212 valence electrons. The first-order chi connectivity index (χ1) is 18.3. The highest BCUT2D eigenvalue weighted by atomic mass is 35.5. The molecule has 3 rings (SSSR count). The number of nitrogens with zero attached hydrogens (tertiary/aromatic N) is 3. The second kappa shape index (κ2) is 13.3. The van der Waals surface area contributed by atoms with Crippen molar-refractivity contribution in [2.24, 2.45) is 0 Å². The molecule has 9 nitrogen and oxygen atoms in total. The lowest BCUT2D eigenvalue weighted by Crippen LogP contribution is -2.48. The van der Waals surface area contributed by atoms with E-state index in [4.69, 9.17) is 16.3 Å². The number of hydrazine groups is 1. The molecule has 0 aliphatic carbocycles. The number of nitrogens with one attached hydrogen (secondary N) is 2. The van der Waals surface area contributed by atoms with Crippen molar-refractivity contribution >= 4 is 35.1 Å². The van der Waals surface area contributed by atoms with Crippen LogP contribution >= 0.6 is 11.6 Å². The zero-order valence-electron chi connectivity index (χ0n) is 23.7. The Morgan fingerprint density at radius 2 is 1.67 bits per heavy atom. The maximum absolute atomic E-state index is 13.5. The van der Waals surface area contributed by atoms with Gasteiger partial charge in [0.15, 0.2) is 0 Å². The predicted molar refractivity (Wildman–Crippen MR) is 153 cm³/mol. The van der Waals surface area contributed by atoms with Crippen molar-refractivity contribution in [1.82, 2.24) is 20.7 Å². The van der Waals surface area contributed by atoms with E-state index in [1.807, 2.05) is 31.0 Å². The van der Waals surface area contributed by atoms with Crippen molar-refractivity contribution in [2.45, 2.75) is 59.4 Å². The fraction of sp³-hybridized carbons (Fsp3) is 0.483. The SMILES string of the molecule is CC(C)NCCNC(=O)CN(CC(=O)N(C)N1Cc2ccccc2C1)c1cc(C(=O)OC(C)(C)C)ccc1Cl. The van der Waals surface area contributed by atoms with Gasteiger partial charge in [-0.1, -0.05) is 49.7 Å². The third-order valence-electron chi connectivity index (χ3n) is 6.19. The molecule has 0 bridgehead atoms. The number of anilines is 1. The first kappa shape index (κ1) is 30.4. The molecule has 0 fully saturated rings. The molecule has 10 heteroatoms. The lowest BCUT2D eigenvalue weighted by Gasteiger charge is -2.31. The molecule has 0 unspecified atom stereocenters. The average molecular weight is 558 g/mol. The van der Waals surface area contributed by atoms with E-state index < -0.39 is 11.6 Å². The Kier molecular flexibility index (Phi) is 10.4. The number of benzene rings is 2. The second-order valence-corrected chi connectivity index (χ2v) is 11.4. The van der Waals surface area contributed by atoms with E-state index in [9.17, 15) is 14.4 Å². The summed E-state index contributed by atoms with van der Waals surface area (Å²) in [6.07, 6.45) is 0. The standard InChI is InChI=1S/C29H40ClN5O4/c1-20(2)31-13-14-32-26(36)18-34(25-15-21(11-12-24(25)30)28(38)39-29(3,4)5)19-27(37)33(6)35-16-22-9-7-8-10-23(22)17-35/h7-12,15,20,31H,13-14,16-19H2,1-6H3,(H,32,36). The molecule has 0 aromatic heterocycles. The highest BCUT2D eigenvalue weighted by Crippen LogP contribution is 2.29. The summed E-state index contributed by atoms with van der Waals surface area (Å²) < 4.78 is 5.51. The van der Waals surface area contributed by atoms with Gasteiger partial charge in [-0.05, 0) is 50.1 Å². The minimum Gasteiger partial charge on any atom is -0.456 e. The zero-order chi connectivity index (χ0) is 28.7. The van der Waals surface area contributed by atoms with Crippen LogP contribution in [0.3, 0.4) is 0 Å². The molecule has 0 spiro atoms. The molecule has 0 saturated heterocycles. The quantitative estimate of drug-likeness (QED) is 0.322. The largest absolute Gasteiger partial charge is 0.456 e. The minimum absolute atomic E-state index is 0.112. The number of esters is 1. The van der Waals surface area contributed by atoms with Gasteiger partial charge in [-0.25, -0.2) is 9.80 Å². The molecule has 2 aromatic carbocycles. The van der Waals surface area contributed by atoms with Crippen molar-refractivity contribution in [3.05, 3.63) is 64.2 Å². The summed E-state index contributed by atoms with van der Waals surface area (Å²) in [5.74, 6) is -0.984. The van der Waals surface area contributed by atoms with Gasteiger partial charge in [-0.2, -0.15) is 0 Å². The first-order valence-corrected chi connectivity index (χ1v) is 13.6. The summed E-state index contributed by atoms with van der Waals surface area (Å²) in [6.45, 7) is 11.5. The lowest BCUT2D eigenvalue weighted by molar-refractivity contribution is -0.145. The van der Waals surface area contributed by atoms with Gasteiger partial charge in [0, 0.05) is 39.3 Å². The number of hydrogen-bond donors (Lipinski definition) is 2. The Morgan fingerprint density at radius 3 is 2.26 bits per heavy atom. The van der Waals surface area contributed by atoms with Crippen LogP contribution in [0.5, 0.6) is 0 Å². The molecule has 39 heavy (non-hydrogen) atoms. The average Bonchev–Trinajstić information content (AvgIpc) is 3.29. The lowest BCUT2D eigenvalue weighted by atomic mass is 10.1. The minimum atomic E-state index is -0.674. The number of fused-ring (bicyclic) bond motifs is 1. The molecular weight excluding hydrogens is 518 g/mol. The Morgan fingerprint density at radius 1 is 1.03 bits per heavy atom. The topological polar surface area (TPSA) is 94.2 Å². The van der Waals surface area contributed by atoms with Crippen LogP contribution < -0.4 is 15.5 Å². The molecule has 1 aliphatic rings. The monoisotopic (exact) mass is 557 g/mol. The third-order valence-corrected chi connectivity index (χ3v) is 6.51.